The molecule has 0 spiro atoms. The lowest BCUT2D eigenvalue weighted by molar-refractivity contribution is -0.120. The summed E-state index contributed by atoms with van der Waals surface area (Å²) in [5, 5.41) is 0. The normalized spacial score (nSPS) is 10.4. The van der Waals surface area contributed by atoms with Gasteiger partial charge in [0, 0.05) is 64.3 Å². The molecule has 21 heavy (non-hydrogen) atoms. The number of amides is 2. The number of unbranched alkanes of at least 4 members (excludes halogenated alkanes) is 4. The molecule has 0 aromatic carbocycles. The van der Waals surface area contributed by atoms with Gasteiger partial charge in [-0.25, -0.2) is 0 Å². The maximum Gasteiger partial charge on any atom is 0.230 e. The predicted molar refractivity (Wildman–Crippen MR) is 103 cm³/mol. The van der Waals surface area contributed by atoms with E-state index in [9.17, 15) is 9.59 Å². The van der Waals surface area contributed by atoms with Gasteiger partial charge in [0.2, 0.25) is 11.8 Å². The van der Waals surface area contributed by atoms with Crippen molar-refractivity contribution in [2.75, 3.05) is 0 Å². The van der Waals surface area contributed by atoms with Crippen molar-refractivity contribution in [3.8, 4) is 0 Å². The zero-order chi connectivity index (χ0) is 15.8. The Morgan fingerprint density at radius 2 is 1.14 bits per heavy atom. The number of carbonyl (C=O) groups excluding carboxylic acids is 2. The first-order chi connectivity index (χ1) is 10.2. The zero-order valence-electron chi connectivity index (χ0n) is 12.5. The molecule has 0 saturated carbocycles. The van der Waals surface area contributed by atoms with Gasteiger partial charge in [0.1, 0.15) is 0 Å². The van der Waals surface area contributed by atoms with Crippen molar-refractivity contribution in [1.29, 1.82) is 0 Å². The highest BCUT2D eigenvalue weighted by molar-refractivity contribution is 9.35. The molecule has 0 fully saturated rings. The molecule has 2 N–H and O–H groups in total. The predicted octanol–water partition coefficient (Wildman–Crippen LogP) is 5.54. The molecule has 4 nitrogen and oxygen atoms in total. The Morgan fingerprint density at radius 1 is 0.714 bits per heavy atom. The summed E-state index contributed by atoms with van der Waals surface area (Å²) < 4.78 is 5.57. The van der Waals surface area contributed by atoms with E-state index in [0.717, 1.165) is 38.5 Å². The second-order valence-electron chi connectivity index (χ2n) is 4.34. The van der Waals surface area contributed by atoms with Crippen LogP contribution >= 0.6 is 51.4 Å². The summed E-state index contributed by atoms with van der Waals surface area (Å²) >= 11 is 0. The van der Waals surface area contributed by atoms with E-state index >= 15 is 0 Å². The first kappa shape index (κ1) is 21.7. The van der Waals surface area contributed by atoms with Crippen molar-refractivity contribution in [3.05, 3.63) is 0 Å². The molecule has 0 unspecified atom stereocenters. The minimum absolute atomic E-state index is 0.0865. The molecule has 0 bridgehead atoms. The highest BCUT2D eigenvalue weighted by Crippen LogP contribution is 2.46. The lowest BCUT2D eigenvalue weighted by Crippen LogP contribution is -2.13. The molecular weight excluding hydrogens is 364 g/mol. The van der Waals surface area contributed by atoms with Gasteiger partial charge in [-0.1, -0.05) is 39.5 Å². The third-order valence-corrected chi connectivity index (χ3v) is 9.78. The maximum absolute atomic E-state index is 11.4. The van der Waals surface area contributed by atoms with Crippen molar-refractivity contribution >= 4 is 63.3 Å². The Kier molecular flexibility index (Phi) is 17.6. The summed E-state index contributed by atoms with van der Waals surface area (Å²) in [6.45, 7) is 4.24. The van der Waals surface area contributed by atoms with E-state index in [1.165, 1.54) is 51.4 Å². The fourth-order valence-electron chi connectivity index (χ4n) is 1.34. The second kappa shape index (κ2) is 17.1. The van der Waals surface area contributed by atoms with Gasteiger partial charge < -0.3 is 0 Å². The van der Waals surface area contributed by atoms with E-state index in [-0.39, 0.29) is 11.8 Å². The molecule has 0 saturated heterocycles. The van der Waals surface area contributed by atoms with E-state index in [4.69, 9.17) is 0 Å². The van der Waals surface area contributed by atoms with Crippen LogP contribution in [0.1, 0.15) is 65.2 Å². The Morgan fingerprint density at radius 3 is 1.52 bits per heavy atom. The Labute approximate surface area is 147 Å². The maximum atomic E-state index is 11.4. The molecule has 0 heterocycles. The summed E-state index contributed by atoms with van der Waals surface area (Å²) in [4.78, 5) is 22.8. The van der Waals surface area contributed by atoms with Crippen LogP contribution in [0.5, 0.6) is 0 Å². The lowest BCUT2D eigenvalue weighted by atomic mass is 10.2. The Balaban J connectivity index is 3.24. The molecule has 0 radical (unpaired) electrons. The fraction of sp³-hybridized carbons (Fsp3) is 0.833. The first-order valence-corrected chi connectivity index (χ1v) is 13.3. The van der Waals surface area contributed by atoms with E-state index in [0.29, 0.717) is 12.8 Å². The van der Waals surface area contributed by atoms with E-state index in [2.05, 4.69) is 23.3 Å². The minimum atomic E-state index is 0.0865. The summed E-state index contributed by atoms with van der Waals surface area (Å²) in [5.74, 6) is 0.173. The molecular formula is C12H24N2O2S5. The summed E-state index contributed by atoms with van der Waals surface area (Å²) in [6.07, 6.45) is 7.56. The van der Waals surface area contributed by atoms with Crippen LogP contribution in [0.3, 0.4) is 0 Å². The van der Waals surface area contributed by atoms with Crippen molar-refractivity contribution in [3.63, 3.8) is 0 Å². The second-order valence-corrected chi connectivity index (χ2v) is 11.4. The van der Waals surface area contributed by atoms with E-state index < -0.39 is 0 Å². The molecule has 0 atom stereocenters. The zero-order valence-corrected chi connectivity index (χ0v) is 16.6. The molecule has 0 aromatic heterocycles. The molecule has 0 aliphatic carbocycles. The van der Waals surface area contributed by atoms with Crippen LogP contribution in [0.2, 0.25) is 0 Å². The van der Waals surface area contributed by atoms with Gasteiger partial charge in [-0.05, 0) is 12.8 Å². The van der Waals surface area contributed by atoms with Crippen molar-refractivity contribution < 1.29 is 9.59 Å². The summed E-state index contributed by atoms with van der Waals surface area (Å²) in [5.41, 5.74) is 0. The highest BCUT2D eigenvalue weighted by Gasteiger charge is 2.03. The number of hydrogen-bond donors (Lipinski definition) is 2. The van der Waals surface area contributed by atoms with Crippen LogP contribution in [0.4, 0.5) is 0 Å². The standard InChI is InChI=1S/C12H24N2O2S5/c1-3-5-7-9-11(15)13-17-19-21-20-18-14-12(16)10-8-6-4-2/h3-10H2,1-2H3,(H,13,15)(H,14,16). The van der Waals surface area contributed by atoms with Gasteiger partial charge in [0.15, 0.2) is 0 Å². The van der Waals surface area contributed by atoms with Gasteiger partial charge >= 0.3 is 0 Å². The van der Waals surface area contributed by atoms with Gasteiger partial charge in [-0.3, -0.25) is 19.0 Å². The van der Waals surface area contributed by atoms with Crippen LogP contribution in [-0.2, 0) is 9.59 Å². The van der Waals surface area contributed by atoms with Crippen LogP contribution in [-0.4, -0.2) is 11.8 Å². The monoisotopic (exact) mass is 388 g/mol. The molecule has 0 aromatic rings. The van der Waals surface area contributed by atoms with Gasteiger partial charge in [-0.15, -0.1) is 0 Å². The first-order valence-electron chi connectivity index (χ1n) is 7.10. The molecule has 2 amide bonds. The quantitative estimate of drug-likeness (QED) is 0.230. The molecule has 0 aliphatic rings. The largest absolute Gasteiger partial charge is 0.290 e. The van der Waals surface area contributed by atoms with Crippen LogP contribution in [0.25, 0.3) is 0 Å². The van der Waals surface area contributed by atoms with Crippen LogP contribution in [0.15, 0.2) is 0 Å². The van der Waals surface area contributed by atoms with Crippen LogP contribution < -0.4 is 9.44 Å². The third-order valence-electron chi connectivity index (χ3n) is 2.45. The number of rotatable bonds is 14. The average molecular weight is 389 g/mol. The number of carbonyl (C=O) groups is 2. The minimum Gasteiger partial charge on any atom is -0.290 e. The molecule has 124 valence electrons. The van der Waals surface area contributed by atoms with Crippen molar-refractivity contribution in [1.82, 2.24) is 9.44 Å². The van der Waals surface area contributed by atoms with E-state index in [1.807, 2.05) is 0 Å². The average Bonchev–Trinajstić information content (AvgIpc) is 2.47. The van der Waals surface area contributed by atoms with E-state index in [1.54, 1.807) is 0 Å². The third kappa shape index (κ3) is 16.9. The Bertz CT molecular complexity index is 256. The van der Waals surface area contributed by atoms with Gasteiger partial charge in [-0.2, -0.15) is 0 Å². The van der Waals surface area contributed by atoms with Crippen molar-refractivity contribution in [2.45, 2.75) is 65.2 Å². The van der Waals surface area contributed by atoms with Crippen LogP contribution in [0, 0.1) is 0 Å². The fourth-order valence-corrected chi connectivity index (χ4v) is 8.14. The topological polar surface area (TPSA) is 58.2 Å². The Hall–Kier alpha value is 0.690. The SMILES string of the molecule is CCCCCC(=O)NSSSSSNC(=O)CCCCC. The van der Waals surface area contributed by atoms with Crippen molar-refractivity contribution in [2.24, 2.45) is 0 Å². The van der Waals surface area contributed by atoms with Gasteiger partial charge in [0.25, 0.3) is 0 Å². The molecule has 0 aliphatic heterocycles. The highest BCUT2D eigenvalue weighted by atomic mass is 33.8. The van der Waals surface area contributed by atoms with Gasteiger partial charge in [0.05, 0.1) is 0 Å². The smallest absolute Gasteiger partial charge is 0.230 e. The number of nitrogens with one attached hydrogen (secondary N) is 2. The number of hydrogen-bond acceptors (Lipinski definition) is 7. The summed E-state index contributed by atoms with van der Waals surface area (Å²) in [6, 6.07) is 0. The molecule has 9 heteroatoms. The summed E-state index contributed by atoms with van der Waals surface area (Å²) in [7, 11) is 7.15. The molecule has 0 rings (SSSR count). The lowest BCUT2D eigenvalue weighted by Gasteiger charge is -2.03.